The van der Waals surface area contributed by atoms with Gasteiger partial charge in [0.25, 0.3) is 0 Å². The summed E-state index contributed by atoms with van der Waals surface area (Å²) in [5.41, 5.74) is 6.73. The zero-order chi connectivity index (χ0) is 14.2. The monoisotopic (exact) mass is 297 g/mol. The molecule has 5 unspecified atom stereocenters. The van der Waals surface area contributed by atoms with Gasteiger partial charge in [0.1, 0.15) is 0 Å². The number of hydrogen-bond donors (Lipinski definition) is 1. The van der Waals surface area contributed by atoms with Crippen LogP contribution in [0, 0.1) is 23.7 Å². The van der Waals surface area contributed by atoms with Crippen molar-refractivity contribution in [3.8, 4) is 0 Å². The maximum atomic E-state index is 6.51. The highest BCUT2D eigenvalue weighted by Gasteiger charge is 2.44. The summed E-state index contributed by atoms with van der Waals surface area (Å²) in [6.45, 7) is 5.75. The van der Waals surface area contributed by atoms with Crippen molar-refractivity contribution in [2.24, 2.45) is 29.4 Å². The van der Waals surface area contributed by atoms with Gasteiger partial charge in [0, 0.05) is 18.4 Å². The standard InChI is InChI=1S/C17H31NOS/c1-12(2)13-3-4-16(18)15(9-13)14-5-7-19-17(10-14)6-8-20-11-17/h12-16H,3-11,18H2,1-2H3. The van der Waals surface area contributed by atoms with Gasteiger partial charge < -0.3 is 10.5 Å². The quantitative estimate of drug-likeness (QED) is 0.844. The Bertz CT molecular complexity index is 327. The lowest BCUT2D eigenvalue weighted by Crippen LogP contribution is -2.47. The molecule has 0 aromatic carbocycles. The summed E-state index contributed by atoms with van der Waals surface area (Å²) in [4.78, 5) is 0. The fourth-order valence-electron chi connectivity index (χ4n) is 4.70. The first-order valence-corrected chi connectivity index (χ1v) is 9.72. The molecule has 0 aromatic heterocycles. The van der Waals surface area contributed by atoms with Gasteiger partial charge in [-0.2, -0.15) is 11.8 Å². The van der Waals surface area contributed by atoms with Gasteiger partial charge in [0.05, 0.1) is 5.60 Å². The van der Waals surface area contributed by atoms with Crippen molar-refractivity contribution < 1.29 is 4.74 Å². The second kappa shape index (κ2) is 6.18. The van der Waals surface area contributed by atoms with E-state index in [0.29, 0.717) is 6.04 Å². The predicted molar refractivity (Wildman–Crippen MR) is 87.0 cm³/mol. The summed E-state index contributed by atoms with van der Waals surface area (Å²) in [5.74, 6) is 5.80. The third kappa shape index (κ3) is 3.05. The zero-order valence-electron chi connectivity index (χ0n) is 13.1. The molecule has 3 fully saturated rings. The average Bonchev–Trinajstić information content (AvgIpc) is 2.87. The van der Waals surface area contributed by atoms with E-state index >= 15 is 0 Å². The van der Waals surface area contributed by atoms with Crippen molar-refractivity contribution in [1.29, 1.82) is 0 Å². The number of hydrogen-bond acceptors (Lipinski definition) is 3. The molecule has 2 saturated heterocycles. The average molecular weight is 298 g/mol. The topological polar surface area (TPSA) is 35.2 Å². The van der Waals surface area contributed by atoms with E-state index in [2.05, 4.69) is 25.6 Å². The highest BCUT2D eigenvalue weighted by Crippen LogP contribution is 2.46. The second-order valence-corrected chi connectivity index (χ2v) is 8.84. The molecule has 1 saturated carbocycles. The van der Waals surface area contributed by atoms with Gasteiger partial charge in [0.15, 0.2) is 0 Å². The molecule has 2 heterocycles. The summed E-state index contributed by atoms with van der Waals surface area (Å²) in [6, 6.07) is 0.444. The molecule has 2 N–H and O–H groups in total. The number of thioether (sulfide) groups is 1. The Morgan fingerprint density at radius 2 is 2.10 bits per heavy atom. The first-order chi connectivity index (χ1) is 9.60. The Morgan fingerprint density at radius 1 is 1.25 bits per heavy atom. The molecule has 0 bridgehead atoms. The molecule has 2 nitrogen and oxygen atoms in total. The molecule has 0 amide bonds. The molecule has 0 radical (unpaired) electrons. The minimum atomic E-state index is 0.220. The largest absolute Gasteiger partial charge is 0.374 e. The van der Waals surface area contributed by atoms with Crippen LogP contribution in [0.1, 0.15) is 52.4 Å². The van der Waals surface area contributed by atoms with Crippen LogP contribution in [0.3, 0.4) is 0 Å². The Labute approximate surface area is 128 Å². The summed E-state index contributed by atoms with van der Waals surface area (Å²) < 4.78 is 6.20. The third-order valence-electron chi connectivity index (χ3n) is 6.14. The number of rotatable bonds is 2. The molecule has 1 aliphatic carbocycles. The molecule has 3 heteroatoms. The smallest absolute Gasteiger partial charge is 0.0783 e. The van der Waals surface area contributed by atoms with E-state index in [-0.39, 0.29) is 5.60 Å². The van der Waals surface area contributed by atoms with E-state index in [4.69, 9.17) is 10.5 Å². The van der Waals surface area contributed by atoms with Crippen molar-refractivity contribution in [3.05, 3.63) is 0 Å². The van der Waals surface area contributed by atoms with Crippen molar-refractivity contribution in [2.45, 2.75) is 64.0 Å². The van der Waals surface area contributed by atoms with E-state index in [9.17, 15) is 0 Å². The first kappa shape index (κ1) is 15.2. The van der Waals surface area contributed by atoms with Gasteiger partial charge >= 0.3 is 0 Å². The van der Waals surface area contributed by atoms with E-state index in [1.807, 2.05) is 0 Å². The molecule has 2 aliphatic heterocycles. The van der Waals surface area contributed by atoms with Gasteiger partial charge in [-0.3, -0.25) is 0 Å². The lowest BCUT2D eigenvalue weighted by molar-refractivity contribution is -0.0954. The van der Waals surface area contributed by atoms with Crippen molar-refractivity contribution >= 4 is 11.8 Å². The van der Waals surface area contributed by atoms with Crippen molar-refractivity contribution in [1.82, 2.24) is 0 Å². The van der Waals surface area contributed by atoms with Gasteiger partial charge in [-0.15, -0.1) is 0 Å². The van der Waals surface area contributed by atoms with Crippen LogP contribution in [-0.4, -0.2) is 29.8 Å². The minimum absolute atomic E-state index is 0.220. The van der Waals surface area contributed by atoms with Crippen LogP contribution in [0.2, 0.25) is 0 Å². The lowest BCUT2D eigenvalue weighted by Gasteiger charge is -2.46. The normalized spacial score (nSPS) is 46.2. The van der Waals surface area contributed by atoms with Crippen LogP contribution in [0.25, 0.3) is 0 Å². The van der Waals surface area contributed by atoms with Crippen LogP contribution in [0.15, 0.2) is 0 Å². The van der Waals surface area contributed by atoms with E-state index in [1.165, 1.54) is 50.0 Å². The Morgan fingerprint density at radius 3 is 2.80 bits per heavy atom. The molecular weight excluding hydrogens is 266 g/mol. The van der Waals surface area contributed by atoms with Gasteiger partial charge in [-0.25, -0.2) is 0 Å². The molecule has 5 atom stereocenters. The summed E-state index contributed by atoms with van der Waals surface area (Å²) in [7, 11) is 0. The molecule has 3 aliphatic rings. The maximum absolute atomic E-state index is 6.51. The Hall–Kier alpha value is 0.270. The maximum Gasteiger partial charge on any atom is 0.0783 e. The zero-order valence-corrected chi connectivity index (χ0v) is 14.0. The third-order valence-corrected chi connectivity index (χ3v) is 7.37. The SMILES string of the molecule is CC(C)C1CCC(N)C(C2CCOC3(CCSC3)C2)C1. The molecular formula is C17H31NOS. The van der Waals surface area contributed by atoms with E-state index < -0.39 is 0 Å². The fourth-order valence-corrected chi connectivity index (χ4v) is 6.08. The van der Waals surface area contributed by atoms with Crippen molar-refractivity contribution in [2.75, 3.05) is 18.1 Å². The van der Waals surface area contributed by atoms with E-state index in [1.54, 1.807) is 0 Å². The molecule has 20 heavy (non-hydrogen) atoms. The second-order valence-electron chi connectivity index (χ2n) is 7.73. The van der Waals surface area contributed by atoms with Crippen molar-refractivity contribution in [3.63, 3.8) is 0 Å². The minimum Gasteiger partial charge on any atom is -0.374 e. The van der Waals surface area contributed by atoms with Crippen LogP contribution in [0.4, 0.5) is 0 Å². The molecule has 0 aromatic rings. The lowest BCUT2D eigenvalue weighted by atomic mass is 9.66. The van der Waals surface area contributed by atoms with Crippen LogP contribution >= 0.6 is 11.8 Å². The molecule has 3 rings (SSSR count). The van der Waals surface area contributed by atoms with Gasteiger partial charge in [-0.05, 0) is 67.9 Å². The highest BCUT2D eigenvalue weighted by molar-refractivity contribution is 7.99. The summed E-state index contributed by atoms with van der Waals surface area (Å²) >= 11 is 2.08. The number of ether oxygens (including phenoxy) is 1. The Balaban J connectivity index is 1.67. The Kier molecular flexibility index (Phi) is 4.69. The molecule has 116 valence electrons. The summed E-state index contributed by atoms with van der Waals surface area (Å²) in [6.07, 6.45) is 7.75. The number of nitrogens with two attached hydrogens (primary N) is 1. The van der Waals surface area contributed by atoms with Crippen LogP contribution < -0.4 is 5.73 Å². The first-order valence-electron chi connectivity index (χ1n) is 8.57. The van der Waals surface area contributed by atoms with Gasteiger partial charge in [-0.1, -0.05) is 13.8 Å². The molecule has 1 spiro atoms. The van der Waals surface area contributed by atoms with E-state index in [0.717, 1.165) is 30.3 Å². The van der Waals surface area contributed by atoms with Gasteiger partial charge in [0.2, 0.25) is 0 Å². The van der Waals surface area contributed by atoms with Crippen LogP contribution in [-0.2, 0) is 4.74 Å². The van der Waals surface area contributed by atoms with Crippen LogP contribution in [0.5, 0.6) is 0 Å². The fraction of sp³-hybridized carbons (Fsp3) is 1.00. The summed E-state index contributed by atoms with van der Waals surface area (Å²) in [5, 5.41) is 0. The predicted octanol–water partition coefficient (Wildman–Crippen LogP) is 3.69. The highest BCUT2D eigenvalue weighted by atomic mass is 32.2.